The number of carbonyl (C=O) groups excluding carboxylic acids is 1. The third-order valence-corrected chi connectivity index (χ3v) is 7.04. The summed E-state index contributed by atoms with van der Waals surface area (Å²) in [6.07, 6.45) is 1.77. The van der Waals surface area contributed by atoms with E-state index in [9.17, 15) is 13.2 Å². The molecule has 0 spiro atoms. The van der Waals surface area contributed by atoms with Gasteiger partial charge in [0.25, 0.3) is 5.91 Å². The second-order valence-electron chi connectivity index (χ2n) is 7.29. The van der Waals surface area contributed by atoms with Crippen LogP contribution in [-0.2, 0) is 21.4 Å². The largest absolute Gasteiger partial charge is 0.493 e. The van der Waals surface area contributed by atoms with E-state index in [0.717, 1.165) is 18.4 Å². The summed E-state index contributed by atoms with van der Waals surface area (Å²) in [5, 5.41) is 2.79. The van der Waals surface area contributed by atoms with E-state index in [-0.39, 0.29) is 17.4 Å². The second-order valence-corrected chi connectivity index (χ2v) is 9.23. The van der Waals surface area contributed by atoms with Crippen LogP contribution in [0.5, 0.6) is 17.2 Å². The van der Waals surface area contributed by atoms with Gasteiger partial charge in [0.1, 0.15) is 5.75 Å². The lowest BCUT2D eigenvalue weighted by molar-refractivity contribution is -0.123. The van der Waals surface area contributed by atoms with Gasteiger partial charge in [-0.25, -0.2) is 8.42 Å². The van der Waals surface area contributed by atoms with E-state index >= 15 is 0 Å². The summed E-state index contributed by atoms with van der Waals surface area (Å²) in [4.78, 5) is 12.4. The molecule has 1 fully saturated rings. The first-order valence-corrected chi connectivity index (χ1v) is 11.5. The Morgan fingerprint density at radius 1 is 1.00 bits per heavy atom. The fourth-order valence-electron chi connectivity index (χ4n) is 3.41. The quantitative estimate of drug-likeness (QED) is 0.634. The summed E-state index contributed by atoms with van der Waals surface area (Å²) in [5.74, 6) is 1.39. The highest BCUT2D eigenvalue weighted by Crippen LogP contribution is 2.28. The Labute approximate surface area is 183 Å². The molecule has 3 rings (SSSR count). The van der Waals surface area contributed by atoms with Crippen molar-refractivity contribution in [3.63, 3.8) is 0 Å². The first-order chi connectivity index (χ1) is 14.8. The number of methoxy groups -OCH3 is 2. The molecule has 0 unspecified atom stereocenters. The molecule has 1 saturated heterocycles. The van der Waals surface area contributed by atoms with Crippen molar-refractivity contribution < 1.29 is 27.4 Å². The van der Waals surface area contributed by atoms with E-state index in [4.69, 9.17) is 14.2 Å². The van der Waals surface area contributed by atoms with E-state index in [1.165, 1.54) is 10.4 Å². The van der Waals surface area contributed by atoms with Gasteiger partial charge in [-0.15, -0.1) is 0 Å². The minimum Gasteiger partial charge on any atom is -0.493 e. The lowest BCUT2D eigenvalue weighted by atomic mass is 10.2. The maximum absolute atomic E-state index is 12.7. The Hall–Kier alpha value is -2.78. The van der Waals surface area contributed by atoms with Crippen molar-refractivity contribution in [2.24, 2.45) is 0 Å². The van der Waals surface area contributed by atoms with Crippen LogP contribution >= 0.6 is 0 Å². The van der Waals surface area contributed by atoms with Gasteiger partial charge in [0, 0.05) is 19.6 Å². The number of nitrogens with zero attached hydrogens (tertiary/aromatic N) is 1. The number of amides is 1. The van der Waals surface area contributed by atoms with E-state index in [0.29, 0.717) is 42.4 Å². The number of hydrogen-bond donors (Lipinski definition) is 1. The van der Waals surface area contributed by atoms with Gasteiger partial charge >= 0.3 is 0 Å². The van der Waals surface area contributed by atoms with Crippen LogP contribution in [-0.4, -0.2) is 52.5 Å². The molecule has 168 valence electrons. The van der Waals surface area contributed by atoms with Crippen LogP contribution in [0.3, 0.4) is 0 Å². The molecular formula is C22H28N2O6S. The molecule has 8 nitrogen and oxygen atoms in total. The first kappa shape index (κ1) is 22.9. The molecule has 1 N–H and O–H groups in total. The zero-order valence-electron chi connectivity index (χ0n) is 18.0. The zero-order valence-corrected chi connectivity index (χ0v) is 18.8. The molecule has 1 amide bonds. The van der Waals surface area contributed by atoms with Gasteiger partial charge in [-0.05, 0) is 61.2 Å². The predicted molar refractivity (Wildman–Crippen MR) is 116 cm³/mol. The summed E-state index contributed by atoms with van der Waals surface area (Å²) in [6.45, 7) is 3.01. The molecule has 0 saturated carbocycles. The normalized spacial score (nSPS) is 14.3. The Balaban J connectivity index is 1.55. The van der Waals surface area contributed by atoms with Crippen LogP contribution in [0.15, 0.2) is 41.3 Å². The molecule has 1 heterocycles. The van der Waals surface area contributed by atoms with Gasteiger partial charge in [-0.3, -0.25) is 4.79 Å². The van der Waals surface area contributed by atoms with Crippen molar-refractivity contribution in [3.8, 4) is 17.2 Å². The van der Waals surface area contributed by atoms with Crippen molar-refractivity contribution in [2.75, 3.05) is 33.9 Å². The molecule has 2 aromatic rings. The van der Waals surface area contributed by atoms with E-state index in [1.54, 1.807) is 45.4 Å². The maximum atomic E-state index is 12.7. The summed E-state index contributed by atoms with van der Waals surface area (Å²) in [5.41, 5.74) is 1.52. The Kier molecular flexibility index (Phi) is 7.40. The van der Waals surface area contributed by atoms with E-state index in [2.05, 4.69) is 5.32 Å². The van der Waals surface area contributed by atoms with Crippen LogP contribution in [0.25, 0.3) is 0 Å². The molecule has 0 atom stereocenters. The molecule has 1 aliphatic rings. The van der Waals surface area contributed by atoms with Crippen LogP contribution in [0.1, 0.15) is 24.0 Å². The summed E-state index contributed by atoms with van der Waals surface area (Å²) < 4.78 is 42.9. The smallest absolute Gasteiger partial charge is 0.258 e. The van der Waals surface area contributed by atoms with Crippen molar-refractivity contribution in [2.45, 2.75) is 31.2 Å². The highest BCUT2D eigenvalue weighted by molar-refractivity contribution is 7.89. The van der Waals surface area contributed by atoms with Crippen molar-refractivity contribution >= 4 is 15.9 Å². The molecule has 9 heteroatoms. The van der Waals surface area contributed by atoms with Gasteiger partial charge in [-0.2, -0.15) is 4.31 Å². The molecule has 1 aliphatic heterocycles. The summed E-state index contributed by atoms with van der Waals surface area (Å²) in [6, 6.07) is 10.1. The van der Waals surface area contributed by atoms with Crippen LogP contribution in [0.2, 0.25) is 0 Å². The Morgan fingerprint density at radius 3 is 2.32 bits per heavy atom. The molecular weight excluding hydrogens is 420 g/mol. The van der Waals surface area contributed by atoms with Gasteiger partial charge in [-0.1, -0.05) is 6.07 Å². The number of ether oxygens (including phenoxy) is 3. The SMILES string of the molecule is COc1ccc(CNC(=O)COc2ccc(S(=O)(=O)N3CCCC3)cc2C)cc1OC. The minimum atomic E-state index is -3.48. The van der Waals surface area contributed by atoms with Gasteiger partial charge < -0.3 is 19.5 Å². The molecule has 2 aromatic carbocycles. The van der Waals surface area contributed by atoms with E-state index < -0.39 is 10.0 Å². The summed E-state index contributed by atoms with van der Waals surface area (Å²) in [7, 11) is -0.364. The molecule has 0 aliphatic carbocycles. The monoisotopic (exact) mass is 448 g/mol. The van der Waals surface area contributed by atoms with Gasteiger partial charge in [0.05, 0.1) is 19.1 Å². The number of aryl methyl sites for hydroxylation is 1. The fraction of sp³-hybridized carbons (Fsp3) is 0.409. The van der Waals surface area contributed by atoms with Crippen molar-refractivity contribution in [1.29, 1.82) is 0 Å². The average molecular weight is 449 g/mol. The first-order valence-electron chi connectivity index (χ1n) is 10.1. The second kappa shape index (κ2) is 10.0. The molecule has 0 radical (unpaired) electrons. The van der Waals surface area contributed by atoms with Crippen molar-refractivity contribution in [3.05, 3.63) is 47.5 Å². The Bertz CT molecular complexity index is 1030. The van der Waals surface area contributed by atoms with Crippen LogP contribution in [0, 0.1) is 6.92 Å². The van der Waals surface area contributed by atoms with Crippen LogP contribution < -0.4 is 19.5 Å². The number of nitrogens with one attached hydrogen (secondary N) is 1. The highest BCUT2D eigenvalue weighted by atomic mass is 32.2. The fourth-order valence-corrected chi connectivity index (χ4v) is 5.01. The number of hydrogen-bond acceptors (Lipinski definition) is 6. The number of rotatable bonds is 9. The molecule has 31 heavy (non-hydrogen) atoms. The molecule has 0 bridgehead atoms. The minimum absolute atomic E-state index is 0.174. The molecule has 0 aromatic heterocycles. The summed E-state index contributed by atoms with van der Waals surface area (Å²) >= 11 is 0. The third kappa shape index (κ3) is 5.48. The van der Waals surface area contributed by atoms with Crippen LogP contribution in [0.4, 0.5) is 0 Å². The average Bonchev–Trinajstić information content (AvgIpc) is 3.32. The number of benzene rings is 2. The lowest BCUT2D eigenvalue weighted by Gasteiger charge is -2.17. The van der Waals surface area contributed by atoms with Gasteiger partial charge in [0.2, 0.25) is 10.0 Å². The maximum Gasteiger partial charge on any atom is 0.258 e. The van der Waals surface area contributed by atoms with Crippen molar-refractivity contribution in [1.82, 2.24) is 9.62 Å². The standard InChI is InChI=1S/C22H28N2O6S/c1-16-12-18(31(26,27)24-10-4-5-11-24)7-9-19(16)30-15-22(25)23-14-17-6-8-20(28-2)21(13-17)29-3/h6-9,12-13H,4-5,10-11,14-15H2,1-3H3,(H,23,25). The number of sulfonamides is 1. The zero-order chi connectivity index (χ0) is 22.4. The van der Waals surface area contributed by atoms with Gasteiger partial charge in [0.15, 0.2) is 18.1 Å². The third-order valence-electron chi connectivity index (χ3n) is 5.15. The highest BCUT2D eigenvalue weighted by Gasteiger charge is 2.27. The predicted octanol–water partition coefficient (Wildman–Crippen LogP) is 2.49. The van der Waals surface area contributed by atoms with E-state index in [1.807, 2.05) is 6.07 Å². The Morgan fingerprint density at radius 2 is 1.68 bits per heavy atom. The number of carbonyl (C=O) groups is 1. The lowest BCUT2D eigenvalue weighted by Crippen LogP contribution is -2.29. The topological polar surface area (TPSA) is 94.2 Å².